The van der Waals surface area contributed by atoms with Gasteiger partial charge in [0.1, 0.15) is 11.6 Å². The van der Waals surface area contributed by atoms with E-state index >= 15 is 0 Å². The second-order valence-corrected chi connectivity index (χ2v) is 9.68. The van der Waals surface area contributed by atoms with Crippen LogP contribution in [0.1, 0.15) is 57.4 Å². The number of anilines is 2. The molecule has 8 heteroatoms. The van der Waals surface area contributed by atoms with Gasteiger partial charge >= 0.3 is 6.03 Å². The van der Waals surface area contributed by atoms with E-state index in [1.165, 1.54) is 32.1 Å². The third-order valence-electron chi connectivity index (χ3n) is 7.73. The summed E-state index contributed by atoms with van der Waals surface area (Å²) in [5, 5.41) is 10.2. The van der Waals surface area contributed by atoms with E-state index in [0.29, 0.717) is 28.6 Å². The Labute approximate surface area is 194 Å². The molecule has 1 aromatic carbocycles. The Morgan fingerprint density at radius 2 is 1.82 bits per heavy atom. The van der Waals surface area contributed by atoms with Gasteiger partial charge in [0.2, 0.25) is 5.91 Å². The zero-order valence-corrected chi connectivity index (χ0v) is 19.3. The van der Waals surface area contributed by atoms with E-state index in [9.17, 15) is 9.59 Å². The number of hydrogen-bond acceptors (Lipinski definition) is 4. The van der Waals surface area contributed by atoms with E-state index in [1.807, 2.05) is 16.8 Å². The normalized spacial score (nSPS) is 22.1. The van der Waals surface area contributed by atoms with Crippen molar-refractivity contribution in [3.05, 3.63) is 36.5 Å². The van der Waals surface area contributed by atoms with Gasteiger partial charge in [0.15, 0.2) is 0 Å². The average molecular weight is 452 g/mol. The molecule has 1 spiro atoms. The molecule has 1 saturated heterocycles. The number of nitrogens with one attached hydrogen (secondary N) is 2. The number of piperidine rings is 1. The molecule has 2 saturated carbocycles. The van der Waals surface area contributed by atoms with Gasteiger partial charge in [0, 0.05) is 25.1 Å². The smallest absolute Gasteiger partial charge is 0.324 e. The minimum absolute atomic E-state index is 0.161. The zero-order chi connectivity index (χ0) is 22.8. The topological polar surface area (TPSA) is 88.5 Å². The molecule has 0 bridgehead atoms. The van der Waals surface area contributed by atoms with E-state index in [0.717, 1.165) is 32.4 Å². The summed E-state index contributed by atoms with van der Waals surface area (Å²) in [4.78, 5) is 27.7. The third kappa shape index (κ3) is 4.43. The Bertz CT molecular complexity index is 1000. The number of urea groups is 1. The first-order valence-electron chi connectivity index (χ1n) is 12.1. The Balaban J connectivity index is 1.16. The van der Waals surface area contributed by atoms with E-state index in [4.69, 9.17) is 4.74 Å². The standard InChI is InChI=1S/C25H33N5O3/c1-33-21-8-4-3-7-20(21)27-24(32)28-22-9-14-26-30(22)18-10-15-29(16-11-18)23(31)19-17-25(19)12-5-2-6-13-25/h3-4,7-9,14,18-19H,2,5-6,10-13,15-17H2,1H3,(H2,27,28,32)/t19-/m1/s1. The molecule has 176 valence electrons. The first-order chi connectivity index (χ1) is 16.1. The van der Waals surface area contributed by atoms with E-state index in [-0.39, 0.29) is 18.0 Å². The monoisotopic (exact) mass is 451 g/mol. The Morgan fingerprint density at radius 1 is 1.06 bits per heavy atom. The highest BCUT2D eigenvalue weighted by Crippen LogP contribution is 2.62. The molecular formula is C25H33N5O3. The third-order valence-corrected chi connectivity index (χ3v) is 7.73. The minimum atomic E-state index is -0.347. The maximum atomic E-state index is 13.1. The summed E-state index contributed by atoms with van der Waals surface area (Å²) < 4.78 is 7.17. The van der Waals surface area contributed by atoms with Crippen LogP contribution in [-0.2, 0) is 4.79 Å². The summed E-state index contributed by atoms with van der Waals surface area (Å²) in [7, 11) is 1.57. The number of amides is 3. The van der Waals surface area contributed by atoms with Crippen LogP contribution in [0.2, 0.25) is 0 Å². The molecule has 2 aromatic rings. The summed E-state index contributed by atoms with van der Waals surface area (Å²) in [5.74, 6) is 1.87. The minimum Gasteiger partial charge on any atom is -0.495 e. The molecule has 5 rings (SSSR count). The zero-order valence-electron chi connectivity index (χ0n) is 19.3. The Hall–Kier alpha value is -3.03. The van der Waals surface area contributed by atoms with E-state index < -0.39 is 0 Å². The number of methoxy groups -OCH3 is 1. The van der Waals surface area contributed by atoms with Gasteiger partial charge in [-0.1, -0.05) is 31.4 Å². The second kappa shape index (κ2) is 9.08. The van der Waals surface area contributed by atoms with Crippen molar-refractivity contribution in [3.8, 4) is 5.75 Å². The molecule has 2 aliphatic carbocycles. The molecule has 1 atom stereocenters. The van der Waals surface area contributed by atoms with Crippen LogP contribution in [0, 0.1) is 11.3 Å². The maximum Gasteiger partial charge on any atom is 0.324 e. The van der Waals surface area contributed by atoms with Crippen LogP contribution in [0.5, 0.6) is 5.75 Å². The predicted octanol–water partition coefficient (Wildman–Crippen LogP) is 4.67. The molecular weight excluding hydrogens is 418 g/mol. The molecule has 0 unspecified atom stereocenters. The quantitative estimate of drug-likeness (QED) is 0.691. The Kier molecular flexibility index (Phi) is 6.00. The molecule has 3 aliphatic rings. The fourth-order valence-corrected chi connectivity index (χ4v) is 5.78. The molecule has 1 aromatic heterocycles. The molecule has 8 nitrogen and oxygen atoms in total. The maximum absolute atomic E-state index is 13.1. The van der Waals surface area contributed by atoms with Crippen LogP contribution in [0.4, 0.5) is 16.3 Å². The van der Waals surface area contributed by atoms with Crippen LogP contribution in [0.15, 0.2) is 36.5 Å². The number of hydrogen-bond donors (Lipinski definition) is 2. The van der Waals surface area contributed by atoms with Gasteiger partial charge in [0.05, 0.1) is 25.0 Å². The van der Waals surface area contributed by atoms with Gasteiger partial charge < -0.3 is 15.0 Å². The number of likely N-dealkylation sites (tertiary alicyclic amines) is 1. The molecule has 3 fully saturated rings. The average Bonchev–Trinajstić information content (AvgIpc) is 3.32. The van der Waals surface area contributed by atoms with Crippen molar-refractivity contribution in [2.45, 2.75) is 57.4 Å². The molecule has 33 heavy (non-hydrogen) atoms. The highest BCUT2D eigenvalue weighted by Gasteiger charge is 2.58. The van der Waals surface area contributed by atoms with Gasteiger partial charge in [0.25, 0.3) is 0 Å². The highest BCUT2D eigenvalue weighted by molar-refractivity contribution is 6.00. The van der Waals surface area contributed by atoms with Gasteiger partial charge in [-0.05, 0) is 49.7 Å². The van der Waals surface area contributed by atoms with Gasteiger partial charge in [-0.2, -0.15) is 5.10 Å². The fourth-order valence-electron chi connectivity index (χ4n) is 5.78. The van der Waals surface area contributed by atoms with Crippen LogP contribution in [0.3, 0.4) is 0 Å². The van der Waals surface area contributed by atoms with Gasteiger partial charge in [-0.25, -0.2) is 9.48 Å². The molecule has 2 heterocycles. The second-order valence-electron chi connectivity index (χ2n) is 9.68. The summed E-state index contributed by atoms with van der Waals surface area (Å²) in [6.07, 6.45) is 10.8. The van der Waals surface area contributed by atoms with Crippen molar-refractivity contribution in [3.63, 3.8) is 0 Å². The first-order valence-corrected chi connectivity index (χ1v) is 12.1. The van der Waals surface area contributed by atoms with Crippen LogP contribution >= 0.6 is 0 Å². The lowest BCUT2D eigenvalue weighted by Gasteiger charge is -2.34. The number of ether oxygens (including phenoxy) is 1. The van der Waals surface area contributed by atoms with Gasteiger partial charge in [-0.3, -0.25) is 10.1 Å². The van der Waals surface area contributed by atoms with Gasteiger partial charge in [-0.15, -0.1) is 0 Å². The number of carbonyl (C=O) groups excluding carboxylic acids is 2. The number of para-hydroxylation sites is 2. The van der Waals surface area contributed by atoms with Crippen molar-refractivity contribution in [2.24, 2.45) is 11.3 Å². The molecule has 3 amide bonds. The number of nitrogens with zero attached hydrogens (tertiary/aromatic N) is 3. The molecule has 0 radical (unpaired) electrons. The van der Waals surface area contributed by atoms with Crippen molar-refractivity contribution in [1.82, 2.24) is 14.7 Å². The lowest BCUT2D eigenvalue weighted by Crippen LogP contribution is -2.41. The fraction of sp³-hybridized carbons (Fsp3) is 0.560. The molecule has 1 aliphatic heterocycles. The number of carbonyl (C=O) groups is 2. The predicted molar refractivity (Wildman–Crippen MR) is 126 cm³/mol. The number of benzene rings is 1. The number of aromatic nitrogens is 2. The van der Waals surface area contributed by atoms with Crippen LogP contribution in [-0.4, -0.2) is 46.8 Å². The molecule has 2 N–H and O–H groups in total. The summed E-state index contributed by atoms with van der Waals surface area (Å²) >= 11 is 0. The van der Waals surface area contributed by atoms with E-state index in [2.05, 4.69) is 20.6 Å². The van der Waals surface area contributed by atoms with E-state index in [1.54, 1.807) is 31.5 Å². The van der Waals surface area contributed by atoms with Crippen molar-refractivity contribution in [1.29, 1.82) is 0 Å². The van der Waals surface area contributed by atoms with Crippen LogP contribution < -0.4 is 15.4 Å². The summed E-state index contributed by atoms with van der Waals surface area (Å²) in [5.41, 5.74) is 0.936. The van der Waals surface area contributed by atoms with Crippen molar-refractivity contribution >= 4 is 23.4 Å². The van der Waals surface area contributed by atoms with Crippen LogP contribution in [0.25, 0.3) is 0 Å². The lowest BCUT2D eigenvalue weighted by atomic mass is 9.84. The summed E-state index contributed by atoms with van der Waals surface area (Å²) in [6.45, 7) is 1.51. The number of rotatable bonds is 5. The van der Waals surface area contributed by atoms with Crippen molar-refractivity contribution in [2.75, 3.05) is 30.8 Å². The summed E-state index contributed by atoms with van der Waals surface area (Å²) in [6, 6.07) is 8.90. The first kappa shape index (κ1) is 21.8. The lowest BCUT2D eigenvalue weighted by molar-refractivity contribution is -0.135. The highest BCUT2D eigenvalue weighted by atomic mass is 16.5. The Morgan fingerprint density at radius 3 is 2.58 bits per heavy atom. The van der Waals surface area contributed by atoms with Crippen molar-refractivity contribution < 1.29 is 14.3 Å². The SMILES string of the molecule is COc1ccccc1NC(=O)Nc1ccnn1C1CCN(C(=O)[C@H]2CC23CCCCC3)CC1. The largest absolute Gasteiger partial charge is 0.495 e.